The number of aromatic nitrogens is 2. The average molecular weight is 237 g/mol. The van der Waals surface area contributed by atoms with Crippen molar-refractivity contribution < 1.29 is 4.92 Å². The van der Waals surface area contributed by atoms with Crippen LogP contribution in [0, 0.1) is 10.1 Å². The van der Waals surface area contributed by atoms with Crippen LogP contribution in [0.3, 0.4) is 0 Å². The van der Waals surface area contributed by atoms with Gasteiger partial charge in [-0.25, -0.2) is 4.98 Å². The van der Waals surface area contributed by atoms with Crippen molar-refractivity contribution in [1.82, 2.24) is 9.97 Å². The smallest absolute Gasteiger partial charge is 0.329 e. The van der Waals surface area contributed by atoms with Crippen molar-refractivity contribution in [3.8, 4) is 0 Å². The molecule has 1 aliphatic rings. The second-order valence-electron chi connectivity index (χ2n) is 4.47. The van der Waals surface area contributed by atoms with Gasteiger partial charge in [0.25, 0.3) is 0 Å². The van der Waals surface area contributed by atoms with E-state index in [0.29, 0.717) is 5.95 Å². The lowest BCUT2D eigenvalue weighted by Crippen LogP contribution is -2.42. The highest BCUT2D eigenvalue weighted by atomic mass is 16.6. The van der Waals surface area contributed by atoms with E-state index in [1.165, 1.54) is 6.20 Å². The first-order valence-corrected chi connectivity index (χ1v) is 5.51. The summed E-state index contributed by atoms with van der Waals surface area (Å²) in [5.74, 6) is 0.664. The SMILES string of the molecule is CNc1ncc([N+](=O)[O-])c(NC2(C)CCC2)n1. The maximum absolute atomic E-state index is 10.9. The molecule has 2 N–H and O–H groups in total. The quantitative estimate of drug-likeness (QED) is 0.612. The highest BCUT2D eigenvalue weighted by Gasteiger charge is 2.34. The molecule has 0 amide bonds. The molecule has 0 aliphatic heterocycles. The summed E-state index contributed by atoms with van der Waals surface area (Å²) in [5, 5.41) is 16.8. The first kappa shape index (κ1) is 11.6. The summed E-state index contributed by atoms with van der Waals surface area (Å²) in [5.41, 5.74) is -0.165. The van der Waals surface area contributed by atoms with Crippen LogP contribution >= 0.6 is 0 Å². The predicted octanol–water partition coefficient (Wildman–Crippen LogP) is 1.78. The van der Waals surface area contributed by atoms with Crippen LogP contribution in [-0.2, 0) is 0 Å². The third kappa shape index (κ3) is 2.27. The molecule has 0 bridgehead atoms. The molecule has 92 valence electrons. The first-order chi connectivity index (χ1) is 8.04. The molecule has 0 atom stereocenters. The van der Waals surface area contributed by atoms with Crippen LogP contribution in [0.4, 0.5) is 17.5 Å². The van der Waals surface area contributed by atoms with E-state index >= 15 is 0 Å². The topological polar surface area (TPSA) is 93.0 Å². The molecule has 2 rings (SSSR count). The van der Waals surface area contributed by atoms with Gasteiger partial charge in [0.2, 0.25) is 11.8 Å². The largest absolute Gasteiger partial charge is 0.359 e. The number of nitro groups is 1. The molecule has 1 aromatic heterocycles. The van der Waals surface area contributed by atoms with Gasteiger partial charge in [-0.1, -0.05) is 0 Å². The molecule has 0 spiro atoms. The average Bonchev–Trinajstić information content (AvgIpc) is 2.26. The molecule has 17 heavy (non-hydrogen) atoms. The highest BCUT2D eigenvalue weighted by Crippen LogP contribution is 2.36. The summed E-state index contributed by atoms with van der Waals surface area (Å²) in [6.07, 6.45) is 4.37. The lowest BCUT2D eigenvalue weighted by Gasteiger charge is -2.39. The Hall–Kier alpha value is -1.92. The minimum Gasteiger partial charge on any atom is -0.359 e. The van der Waals surface area contributed by atoms with Gasteiger partial charge in [0.1, 0.15) is 6.20 Å². The fourth-order valence-corrected chi connectivity index (χ4v) is 1.84. The molecule has 1 aromatic rings. The van der Waals surface area contributed by atoms with Crippen LogP contribution in [-0.4, -0.2) is 27.5 Å². The Morgan fingerprint density at radius 3 is 2.71 bits per heavy atom. The fourth-order valence-electron chi connectivity index (χ4n) is 1.84. The number of nitrogens with one attached hydrogen (secondary N) is 2. The van der Waals surface area contributed by atoms with E-state index in [0.717, 1.165) is 19.3 Å². The Kier molecular flexibility index (Phi) is 2.83. The van der Waals surface area contributed by atoms with Gasteiger partial charge in [0, 0.05) is 12.6 Å². The van der Waals surface area contributed by atoms with Gasteiger partial charge in [-0.3, -0.25) is 10.1 Å². The van der Waals surface area contributed by atoms with Gasteiger partial charge in [-0.15, -0.1) is 0 Å². The molecule has 1 aliphatic carbocycles. The number of hydrogen-bond donors (Lipinski definition) is 2. The molecule has 1 saturated carbocycles. The molecule has 7 heteroatoms. The second-order valence-corrected chi connectivity index (χ2v) is 4.47. The molecule has 0 aromatic carbocycles. The number of nitrogens with zero attached hydrogens (tertiary/aromatic N) is 3. The monoisotopic (exact) mass is 237 g/mol. The van der Waals surface area contributed by atoms with Crippen molar-refractivity contribution in [3.63, 3.8) is 0 Å². The van der Waals surface area contributed by atoms with E-state index in [9.17, 15) is 10.1 Å². The lowest BCUT2D eigenvalue weighted by atomic mass is 9.78. The standard InChI is InChI=1S/C10H15N5O2/c1-10(4-3-5-10)14-8-7(15(16)17)6-12-9(11-2)13-8/h6H,3-5H2,1-2H3,(H2,11,12,13,14). The van der Waals surface area contributed by atoms with Gasteiger partial charge in [-0.2, -0.15) is 4.98 Å². The van der Waals surface area contributed by atoms with Gasteiger partial charge in [-0.05, 0) is 26.2 Å². The van der Waals surface area contributed by atoms with Gasteiger partial charge >= 0.3 is 5.69 Å². The maximum Gasteiger partial charge on any atom is 0.329 e. The summed E-state index contributed by atoms with van der Waals surface area (Å²) in [6.45, 7) is 2.04. The molecule has 7 nitrogen and oxygen atoms in total. The third-order valence-electron chi connectivity index (χ3n) is 3.07. The summed E-state index contributed by atoms with van der Waals surface area (Å²) in [7, 11) is 1.68. The van der Waals surface area contributed by atoms with Gasteiger partial charge in [0.05, 0.1) is 4.92 Å². The lowest BCUT2D eigenvalue weighted by molar-refractivity contribution is -0.384. The van der Waals surface area contributed by atoms with E-state index in [1.54, 1.807) is 7.05 Å². The Labute approximate surface area is 98.8 Å². The van der Waals surface area contributed by atoms with Crippen molar-refractivity contribution in [2.45, 2.75) is 31.7 Å². The molecular formula is C10H15N5O2. The van der Waals surface area contributed by atoms with E-state index in [-0.39, 0.29) is 17.0 Å². The number of anilines is 2. The minimum absolute atomic E-state index is 0.0792. The van der Waals surface area contributed by atoms with Crippen LogP contribution in [0.1, 0.15) is 26.2 Å². The van der Waals surface area contributed by atoms with Crippen molar-refractivity contribution in [1.29, 1.82) is 0 Å². The van der Waals surface area contributed by atoms with E-state index in [4.69, 9.17) is 0 Å². The molecule has 1 fully saturated rings. The summed E-state index contributed by atoms with van der Waals surface area (Å²) in [4.78, 5) is 18.4. The minimum atomic E-state index is -0.468. The molecule has 1 heterocycles. The molecular weight excluding hydrogens is 222 g/mol. The normalized spacial score (nSPS) is 17.1. The maximum atomic E-state index is 10.9. The van der Waals surface area contributed by atoms with Gasteiger partial charge in [0.15, 0.2) is 0 Å². The zero-order chi connectivity index (χ0) is 12.5. The number of rotatable bonds is 4. The zero-order valence-electron chi connectivity index (χ0n) is 9.86. The summed E-state index contributed by atoms with van der Waals surface area (Å²) >= 11 is 0. The third-order valence-corrected chi connectivity index (χ3v) is 3.07. The van der Waals surface area contributed by atoms with E-state index < -0.39 is 4.92 Å². The van der Waals surface area contributed by atoms with Crippen molar-refractivity contribution >= 4 is 17.5 Å². The Bertz CT molecular complexity index is 444. The molecule has 0 unspecified atom stereocenters. The Morgan fingerprint density at radius 1 is 1.53 bits per heavy atom. The fraction of sp³-hybridized carbons (Fsp3) is 0.600. The van der Waals surface area contributed by atoms with Crippen LogP contribution < -0.4 is 10.6 Å². The van der Waals surface area contributed by atoms with Gasteiger partial charge < -0.3 is 10.6 Å². The van der Waals surface area contributed by atoms with E-state index in [1.807, 2.05) is 6.92 Å². The summed E-state index contributed by atoms with van der Waals surface area (Å²) < 4.78 is 0. The molecule has 0 saturated heterocycles. The van der Waals surface area contributed by atoms with Crippen LogP contribution in [0.2, 0.25) is 0 Å². The highest BCUT2D eigenvalue weighted by molar-refractivity contribution is 5.58. The number of hydrogen-bond acceptors (Lipinski definition) is 6. The molecule has 0 radical (unpaired) electrons. The zero-order valence-corrected chi connectivity index (χ0v) is 9.86. The second kappa shape index (κ2) is 4.15. The van der Waals surface area contributed by atoms with Crippen LogP contribution in [0.5, 0.6) is 0 Å². The predicted molar refractivity (Wildman–Crippen MR) is 64.1 cm³/mol. The summed E-state index contributed by atoms with van der Waals surface area (Å²) in [6, 6.07) is 0. The van der Waals surface area contributed by atoms with Crippen LogP contribution in [0.15, 0.2) is 6.20 Å². The van der Waals surface area contributed by atoms with Crippen molar-refractivity contribution in [2.24, 2.45) is 0 Å². The van der Waals surface area contributed by atoms with Crippen molar-refractivity contribution in [2.75, 3.05) is 17.7 Å². The van der Waals surface area contributed by atoms with Crippen molar-refractivity contribution in [3.05, 3.63) is 16.3 Å². The van der Waals surface area contributed by atoms with Crippen LogP contribution in [0.25, 0.3) is 0 Å². The Morgan fingerprint density at radius 2 is 2.24 bits per heavy atom. The first-order valence-electron chi connectivity index (χ1n) is 5.51. The van der Waals surface area contributed by atoms with E-state index in [2.05, 4.69) is 20.6 Å². The Balaban J connectivity index is 2.31.